The fourth-order valence-corrected chi connectivity index (χ4v) is 9.78. The standard InChI is InChI=1S/C64H86N16O18/c1-34(2)26-50(62(97)98)80-61(96)49(32-53(87)88)79-59(94)44(27-35-8-4-3-5-9-35)76-57(92)46(29-37-14-20-40(82)21-15-37)75-55(90)43(11-7-25-71-64(68)69)73-54(89)42(10-6-24-70-63(66)67)74-56(91)45(28-36-12-18-39(81)19-13-36)77-58(93)47(30-38-16-22-41(83)23-17-38)78-60(95)48(31-52(85)86)72-51(84)33-65/h3-5,8-9,12-23,34,42-50,81-83H,6-7,10-11,24-33,65H2,1-2H3,(H,72,84)(H,73,89)(H,74,91)(H,75,90)(H,76,92)(H,77,93)(H,78,95)(H,79,94)(H,80,96)(H,85,86)(H,87,88)(H,97,98)(H4,66,67,70)(H4,68,69,71)/t42-,43-,44-,45-,46-,47-,48-,49-,50-/m0/s1. The average molecular weight is 1370 g/mol. The molecule has 0 unspecified atom stereocenters. The van der Waals surface area contributed by atoms with E-state index in [0.717, 1.165) is 0 Å². The number of nitrogens with two attached hydrogens (primary N) is 3. The molecule has 4 aromatic rings. The summed E-state index contributed by atoms with van der Waals surface area (Å²) in [5.41, 5.74) is 17.9. The molecular weight excluding hydrogens is 1280 g/mol. The van der Waals surface area contributed by atoms with E-state index in [1.807, 2.05) is 0 Å². The molecule has 4 aromatic carbocycles. The first-order valence-electron chi connectivity index (χ1n) is 31.0. The number of carboxylic acid groups (broad SMARTS) is 3. The second kappa shape index (κ2) is 40.0. The minimum atomic E-state index is -1.87. The minimum Gasteiger partial charge on any atom is -0.508 e. The van der Waals surface area contributed by atoms with Gasteiger partial charge < -0.3 is 106 Å². The lowest BCUT2D eigenvalue weighted by Crippen LogP contribution is -2.61. The number of guanidine groups is 2. The van der Waals surface area contributed by atoms with Crippen LogP contribution in [0.2, 0.25) is 0 Å². The number of hydrogen-bond donors (Lipinski definition) is 22. The normalized spacial score (nSPS) is 13.6. The second-order valence-electron chi connectivity index (χ2n) is 23.2. The van der Waals surface area contributed by atoms with Crippen LogP contribution in [0.4, 0.5) is 0 Å². The number of aliphatic carboxylic acids is 3. The highest BCUT2D eigenvalue weighted by Crippen LogP contribution is 2.17. The van der Waals surface area contributed by atoms with Gasteiger partial charge in [0, 0.05) is 38.8 Å². The minimum absolute atomic E-state index is 0.0133. The molecule has 0 heterocycles. The summed E-state index contributed by atoms with van der Waals surface area (Å²) in [7, 11) is 0. The maximum atomic E-state index is 14.9. The largest absolute Gasteiger partial charge is 0.508 e. The van der Waals surface area contributed by atoms with Crippen molar-refractivity contribution in [3.63, 3.8) is 0 Å². The number of aromatic hydroxyl groups is 3. The zero-order valence-electron chi connectivity index (χ0n) is 53.8. The van der Waals surface area contributed by atoms with Gasteiger partial charge in [0.15, 0.2) is 11.9 Å². The van der Waals surface area contributed by atoms with Crippen LogP contribution in [0.15, 0.2) is 103 Å². The molecule has 25 N–H and O–H groups in total. The molecule has 0 aliphatic carbocycles. The van der Waals surface area contributed by atoms with Gasteiger partial charge in [-0.15, -0.1) is 0 Å². The van der Waals surface area contributed by atoms with E-state index in [4.69, 9.17) is 28.0 Å². The molecule has 34 heteroatoms. The lowest BCUT2D eigenvalue weighted by molar-refractivity contribution is -0.144. The number of benzene rings is 4. The third kappa shape index (κ3) is 29.0. The van der Waals surface area contributed by atoms with Crippen LogP contribution >= 0.6 is 0 Å². The van der Waals surface area contributed by atoms with Crippen molar-refractivity contribution < 1.29 is 88.2 Å². The zero-order chi connectivity index (χ0) is 72.6. The van der Waals surface area contributed by atoms with Crippen molar-refractivity contribution in [2.24, 2.45) is 23.1 Å². The molecule has 0 aliphatic heterocycles. The number of rotatable bonds is 41. The van der Waals surface area contributed by atoms with Crippen LogP contribution in [0.25, 0.3) is 0 Å². The topological polar surface area (TPSA) is 584 Å². The Balaban J connectivity index is 1.78. The van der Waals surface area contributed by atoms with Crippen LogP contribution < -0.4 is 75.7 Å². The van der Waals surface area contributed by atoms with Crippen LogP contribution in [-0.4, -0.2) is 188 Å². The van der Waals surface area contributed by atoms with Crippen molar-refractivity contribution in [3.8, 4) is 17.2 Å². The van der Waals surface area contributed by atoms with Gasteiger partial charge in [0.25, 0.3) is 0 Å². The van der Waals surface area contributed by atoms with Gasteiger partial charge in [-0.25, -0.2) is 4.79 Å². The summed E-state index contributed by atoms with van der Waals surface area (Å²) in [6.07, 6.45) is -4.01. The van der Waals surface area contributed by atoms with E-state index >= 15 is 0 Å². The molecule has 0 aliphatic rings. The summed E-state index contributed by atoms with van der Waals surface area (Å²) < 4.78 is 0. The molecule has 0 spiro atoms. The number of phenolic OH excluding ortho intramolecular Hbond substituents is 3. The Morgan fingerprint density at radius 3 is 0.959 bits per heavy atom. The summed E-state index contributed by atoms with van der Waals surface area (Å²) in [6.45, 7) is 2.64. The van der Waals surface area contributed by atoms with Crippen molar-refractivity contribution in [1.82, 2.24) is 58.5 Å². The van der Waals surface area contributed by atoms with E-state index in [1.165, 1.54) is 72.8 Å². The van der Waals surface area contributed by atoms with Gasteiger partial charge in [-0.05, 0) is 96.7 Å². The highest BCUT2D eigenvalue weighted by Gasteiger charge is 2.37. The number of nitrogens with one attached hydrogen (secondary N) is 13. The first-order valence-corrected chi connectivity index (χ1v) is 31.0. The molecule has 4 rings (SSSR count). The van der Waals surface area contributed by atoms with Crippen LogP contribution in [0, 0.1) is 16.7 Å². The zero-order valence-corrected chi connectivity index (χ0v) is 53.8. The maximum Gasteiger partial charge on any atom is 0.326 e. The molecule has 0 bridgehead atoms. The Kier molecular flexibility index (Phi) is 32.2. The third-order valence-electron chi connectivity index (χ3n) is 14.7. The fraction of sp³-hybridized carbons (Fsp3) is 0.406. The van der Waals surface area contributed by atoms with E-state index < -0.39 is 157 Å². The highest BCUT2D eigenvalue weighted by atomic mass is 16.4. The van der Waals surface area contributed by atoms with Crippen molar-refractivity contribution in [2.45, 2.75) is 139 Å². The van der Waals surface area contributed by atoms with E-state index in [0.29, 0.717) is 22.3 Å². The number of hydrogen-bond acceptors (Lipinski definition) is 18. The molecule has 0 fully saturated rings. The second-order valence-corrected chi connectivity index (χ2v) is 23.2. The summed E-state index contributed by atoms with van der Waals surface area (Å²) >= 11 is 0. The summed E-state index contributed by atoms with van der Waals surface area (Å²) in [6, 6.07) is 9.24. The number of amides is 9. The van der Waals surface area contributed by atoms with Gasteiger partial charge in [-0.1, -0.05) is 80.6 Å². The molecule has 0 aromatic heterocycles. The van der Waals surface area contributed by atoms with Crippen LogP contribution in [0.1, 0.15) is 81.0 Å². The van der Waals surface area contributed by atoms with Gasteiger partial charge in [-0.2, -0.15) is 0 Å². The predicted molar refractivity (Wildman–Crippen MR) is 352 cm³/mol. The Morgan fingerprint density at radius 1 is 0.388 bits per heavy atom. The summed E-state index contributed by atoms with van der Waals surface area (Å²) in [4.78, 5) is 164. The molecule has 9 amide bonds. The Hall–Kier alpha value is -11.6. The SMILES string of the molecule is CC(C)C[C@H](NC(=O)[C@H](CC(=O)O)NC(=O)[C@H](Cc1ccccc1)NC(=O)[C@H](Cc1ccc(O)cc1)NC(=O)[C@H](CCCNC(=N)N)NC(=O)[C@H](CCCNC(=N)N)NC(=O)[C@H](Cc1ccc(O)cc1)NC(=O)[C@H](Cc1ccc(O)cc1)NC(=O)[C@H](CC(=O)O)NC(=O)CN)C(=O)O. The smallest absolute Gasteiger partial charge is 0.326 e. The van der Waals surface area contributed by atoms with E-state index in [9.17, 15) is 88.2 Å². The lowest BCUT2D eigenvalue weighted by atomic mass is 10.0. The Bertz CT molecular complexity index is 3420. The first kappa shape index (κ1) is 78.9. The third-order valence-corrected chi connectivity index (χ3v) is 14.7. The number of carbonyl (C=O) groups is 12. The van der Waals surface area contributed by atoms with Crippen molar-refractivity contribution in [1.29, 1.82) is 10.8 Å². The van der Waals surface area contributed by atoms with Crippen molar-refractivity contribution >= 4 is 83.0 Å². The molecule has 530 valence electrons. The van der Waals surface area contributed by atoms with Crippen LogP contribution in [0.3, 0.4) is 0 Å². The summed E-state index contributed by atoms with van der Waals surface area (Å²) in [5, 5.41) is 102. The number of carbonyl (C=O) groups excluding carboxylic acids is 9. The van der Waals surface area contributed by atoms with E-state index in [1.54, 1.807) is 44.2 Å². The molecule has 34 nitrogen and oxygen atoms in total. The van der Waals surface area contributed by atoms with Crippen molar-refractivity contribution in [2.75, 3.05) is 19.6 Å². The maximum absolute atomic E-state index is 14.9. The van der Waals surface area contributed by atoms with E-state index in [2.05, 4.69) is 58.5 Å². The van der Waals surface area contributed by atoms with Gasteiger partial charge in [-0.3, -0.25) is 63.6 Å². The lowest BCUT2D eigenvalue weighted by Gasteiger charge is -2.28. The fourth-order valence-electron chi connectivity index (χ4n) is 9.78. The van der Waals surface area contributed by atoms with E-state index in [-0.39, 0.29) is 94.0 Å². The van der Waals surface area contributed by atoms with Crippen LogP contribution in [0.5, 0.6) is 17.2 Å². The quantitative estimate of drug-likeness (QED) is 0.0120. The molecular formula is C64H86N16O18. The number of phenols is 3. The number of carboxylic acids is 3. The van der Waals surface area contributed by atoms with Crippen molar-refractivity contribution in [3.05, 3.63) is 125 Å². The van der Waals surface area contributed by atoms with Gasteiger partial charge in [0.2, 0.25) is 53.2 Å². The van der Waals surface area contributed by atoms with Gasteiger partial charge in [0.1, 0.15) is 71.6 Å². The molecule has 0 radical (unpaired) electrons. The summed E-state index contributed by atoms with van der Waals surface area (Å²) in [5.74, 6) is -15.8. The first-order chi connectivity index (χ1) is 46.4. The van der Waals surface area contributed by atoms with Gasteiger partial charge >= 0.3 is 17.9 Å². The Labute approximate surface area is 562 Å². The van der Waals surface area contributed by atoms with Gasteiger partial charge in [0.05, 0.1) is 19.4 Å². The Morgan fingerprint density at radius 2 is 0.663 bits per heavy atom. The van der Waals surface area contributed by atoms with Crippen LogP contribution in [-0.2, 0) is 83.2 Å². The highest BCUT2D eigenvalue weighted by molar-refractivity contribution is 5.99. The molecule has 0 saturated heterocycles. The predicted octanol–water partition coefficient (Wildman–Crippen LogP) is -3.00. The monoisotopic (exact) mass is 1370 g/mol. The molecule has 0 saturated carbocycles. The molecule has 98 heavy (non-hydrogen) atoms. The average Bonchev–Trinajstić information content (AvgIpc) is 0.873. The molecule has 9 atom stereocenters.